The fourth-order valence-electron chi connectivity index (χ4n) is 4.14. The lowest BCUT2D eigenvalue weighted by molar-refractivity contribution is 0.178. The van der Waals surface area contributed by atoms with Crippen LogP contribution >= 0.6 is 0 Å². The first-order valence-corrected chi connectivity index (χ1v) is 9.77. The zero-order chi connectivity index (χ0) is 18.6. The summed E-state index contributed by atoms with van der Waals surface area (Å²) in [7, 11) is 0. The summed E-state index contributed by atoms with van der Waals surface area (Å²) < 4.78 is 14.4. The standard InChI is InChI=1S/C20H26FN5O/c21-17-6-3-7-18(25-10-1-2-11-25)16(17)13-24-20(27)26-12-4-5-15(14-26)19-22-8-9-23-19/h3,6-9,15H,1-2,4-5,10-14H2,(H,22,23)(H,24,27). The Morgan fingerprint density at radius 1 is 1.26 bits per heavy atom. The van der Waals surface area contributed by atoms with Crippen LogP contribution in [0.15, 0.2) is 30.6 Å². The summed E-state index contributed by atoms with van der Waals surface area (Å²) in [6.45, 7) is 3.46. The predicted molar refractivity (Wildman–Crippen MR) is 102 cm³/mol. The van der Waals surface area contributed by atoms with Gasteiger partial charge in [-0.1, -0.05) is 6.07 Å². The van der Waals surface area contributed by atoms with Crippen LogP contribution < -0.4 is 10.2 Å². The van der Waals surface area contributed by atoms with E-state index in [1.54, 1.807) is 12.3 Å². The van der Waals surface area contributed by atoms with Crippen molar-refractivity contribution in [1.82, 2.24) is 20.2 Å². The Morgan fingerprint density at radius 2 is 2.11 bits per heavy atom. The number of carbonyl (C=O) groups is 1. The number of nitrogens with one attached hydrogen (secondary N) is 2. The number of anilines is 1. The van der Waals surface area contributed by atoms with Gasteiger partial charge in [-0.25, -0.2) is 14.2 Å². The number of hydrogen-bond donors (Lipinski definition) is 2. The van der Waals surface area contributed by atoms with Gasteiger partial charge in [0.05, 0.1) is 0 Å². The second-order valence-electron chi connectivity index (χ2n) is 7.35. The van der Waals surface area contributed by atoms with Gasteiger partial charge in [0.25, 0.3) is 0 Å². The van der Waals surface area contributed by atoms with E-state index in [4.69, 9.17) is 0 Å². The van der Waals surface area contributed by atoms with Crippen molar-refractivity contribution in [3.8, 4) is 0 Å². The number of aromatic nitrogens is 2. The molecule has 0 bridgehead atoms. The number of urea groups is 1. The maximum absolute atomic E-state index is 14.4. The van der Waals surface area contributed by atoms with Gasteiger partial charge in [-0.05, 0) is 37.8 Å². The van der Waals surface area contributed by atoms with Crippen molar-refractivity contribution in [3.05, 3.63) is 47.8 Å². The molecule has 2 aliphatic heterocycles. The molecule has 144 valence electrons. The summed E-state index contributed by atoms with van der Waals surface area (Å²) in [5.41, 5.74) is 1.48. The number of H-pyrrole nitrogens is 1. The molecule has 1 aromatic carbocycles. The van der Waals surface area contributed by atoms with E-state index in [9.17, 15) is 9.18 Å². The van der Waals surface area contributed by atoms with E-state index in [0.717, 1.165) is 56.8 Å². The number of benzene rings is 1. The summed E-state index contributed by atoms with van der Waals surface area (Å²) in [4.78, 5) is 24.2. The highest BCUT2D eigenvalue weighted by atomic mass is 19.1. The number of piperidine rings is 1. The summed E-state index contributed by atoms with van der Waals surface area (Å²) >= 11 is 0. The molecule has 1 unspecified atom stereocenters. The first kappa shape index (κ1) is 17.8. The lowest BCUT2D eigenvalue weighted by Gasteiger charge is -2.32. The van der Waals surface area contributed by atoms with Crippen molar-refractivity contribution in [3.63, 3.8) is 0 Å². The van der Waals surface area contributed by atoms with Gasteiger partial charge in [-0.2, -0.15) is 0 Å². The molecular weight excluding hydrogens is 345 g/mol. The zero-order valence-electron chi connectivity index (χ0n) is 15.5. The molecule has 2 N–H and O–H groups in total. The van der Waals surface area contributed by atoms with Crippen molar-refractivity contribution < 1.29 is 9.18 Å². The van der Waals surface area contributed by atoms with Gasteiger partial charge >= 0.3 is 6.03 Å². The molecule has 0 saturated carbocycles. The second-order valence-corrected chi connectivity index (χ2v) is 7.35. The third-order valence-electron chi connectivity index (χ3n) is 5.57. The molecule has 2 amide bonds. The average Bonchev–Trinajstić information content (AvgIpc) is 3.40. The van der Waals surface area contributed by atoms with E-state index >= 15 is 0 Å². The van der Waals surface area contributed by atoms with Crippen LogP contribution in [0, 0.1) is 5.82 Å². The minimum absolute atomic E-state index is 0.137. The Morgan fingerprint density at radius 3 is 2.89 bits per heavy atom. The van der Waals surface area contributed by atoms with Crippen LogP contribution in [0.2, 0.25) is 0 Å². The van der Waals surface area contributed by atoms with Crippen molar-refractivity contribution in [1.29, 1.82) is 0 Å². The Kier molecular flexibility index (Phi) is 5.27. The van der Waals surface area contributed by atoms with Crippen molar-refractivity contribution in [2.75, 3.05) is 31.1 Å². The molecule has 0 radical (unpaired) electrons. The molecule has 0 aliphatic carbocycles. The van der Waals surface area contributed by atoms with E-state index < -0.39 is 0 Å². The number of halogens is 1. The van der Waals surface area contributed by atoms with Gasteiger partial charge in [-0.3, -0.25) is 0 Å². The average molecular weight is 371 g/mol. The van der Waals surface area contributed by atoms with E-state index in [1.807, 2.05) is 17.2 Å². The van der Waals surface area contributed by atoms with E-state index in [-0.39, 0.29) is 24.3 Å². The maximum atomic E-state index is 14.4. The first-order valence-electron chi connectivity index (χ1n) is 9.77. The molecular formula is C20H26FN5O. The molecule has 2 fully saturated rings. The second kappa shape index (κ2) is 7.98. The number of amides is 2. The van der Waals surface area contributed by atoms with Crippen LogP contribution in [0.1, 0.15) is 43.0 Å². The molecule has 4 rings (SSSR count). The van der Waals surface area contributed by atoms with Crippen molar-refractivity contribution in [2.45, 2.75) is 38.1 Å². The SMILES string of the molecule is O=C(NCc1c(F)cccc1N1CCCC1)N1CCCC(c2ncc[nH]2)C1. The molecule has 1 atom stereocenters. The normalized spacial score (nSPS) is 20.1. The maximum Gasteiger partial charge on any atom is 0.317 e. The van der Waals surface area contributed by atoms with Gasteiger partial charge in [0.2, 0.25) is 0 Å². The number of nitrogens with zero attached hydrogens (tertiary/aromatic N) is 3. The van der Waals surface area contributed by atoms with Gasteiger partial charge in [0.1, 0.15) is 11.6 Å². The van der Waals surface area contributed by atoms with Gasteiger partial charge in [0.15, 0.2) is 0 Å². The molecule has 7 heteroatoms. The third-order valence-corrected chi connectivity index (χ3v) is 5.57. The summed E-state index contributed by atoms with van der Waals surface area (Å²) in [6.07, 6.45) is 7.77. The minimum atomic E-state index is -0.258. The predicted octanol–water partition coefficient (Wildman–Crippen LogP) is 3.24. The van der Waals surface area contributed by atoms with Gasteiger partial charge in [-0.15, -0.1) is 0 Å². The molecule has 2 aliphatic rings. The zero-order valence-corrected chi connectivity index (χ0v) is 15.5. The van der Waals surface area contributed by atoms with Crippen LogP contribution in [-0.4, -0.2) is 47.1 Å². The third kappa shape index (κ3) is 3.91. The lowest BCUT2D eigenvalue weighted by atomic mass is 9.98. The van der Waals surface area contributed by atoms with Gasteiger partial charge in [0, 0.05) is 62.3 Å². The topological polar surface area (TPSA) is 64.3 Å². The Bertz CT molecular complexity index is 773. The molecule has 2 aromatic rings. The number of rotatable bonds is 4. The van der Waals surface area contributed by atoms with Crippen LogP contribution in [0.3, 0.4) is 0 Å². The first-order chi connectivity index (χ1) is 13.2. The molecule has 6 nitrogen and oxygen atoms in total. The van der Waals surface area contributed by atoms with Crippen LogP contribution in [0.5, 0.6) is 0 Å². The monoisotopic (exact) mass is 371 g/mol. The van der Waals surface area contributed by atoms with Crippen LogP contribution in [0.4, 0.5) is 14.9 Å². The highest BCUT2D eigenvalue weighted by molar-refractivity contribution is 5.74. The van der Waals surface area contributed by atoms with Crippen LogP contribution in [-0.2, 0) is 6.54 Å². The molecule has 2 saturated heterocycles. The van der Waals surface area contributed by atoms with E-state index in [1.165, 1.54) is 6.07 Å². The van der Waals surface area contributed by atoms with Gasteiger partial charge < -0.3 is 20.1 Å². The fraction of sp³-hybridized carbons (Fsp3) is 0.500. The molecule has 27 heavy (non-hydrogen) atoms. The van der Waals surface area contributed by atoms with E-state index in [2.05, 4.69) is 20.2 Å². The smallest absolute Gasteiger partial charge is 0.317 e. The molecule has 1 aromatic heterocycles. The lowest BCUT2D eigenvalue weighted by Crippen LogP contribution is -2.45. The minimum Gasteiger partial charge on any atom is -0.371 e. The summed E-state index contributed by atoms with van der Waals surface area (Å²) in [6, 6.07) is 5.02. The Hall–Kier alpha value is -2.57. The highest BCUT2D eigenvalue weighted by Crippen LogP contribution is 2.27. The number of carbonyl (C=O) groups excluding carboxylic acids is 1. The quantitative estimate of drug-likeness (QED) is 0.867. The molecule has 0 spiro atoms. The summed E-state index contributed by atoms with van der Waals surface area (Å²) in [5, 5.41) is 2.93. The fourth-order valence-corrected chi connectivity index (χ4v) is 4.14. The highest BCUT2D eigenvalue weighted by Gasteiger charge is 2.26. The Labute approximate surface area is 158 Å². The number of hydrogen-bond acceptors (Lipinski definition) is 3. The summed E-state index contributed by atoms with van der Waals surface area (Å²) in [5.74, 6) is 0.901. The van der Waals surface area contributed by atoms with Crippen LogP contribution in [0.25, 0.3) is 0 Å². The van der Waals surface area contributed by atoms with E-state index in [0.29, 0.717) is 12.1 Å². The number of imidazole rings is 1. The van der Waals surface area contributed by atoms with Crippen molar-refractivity contribution in [2.24, 2.45) is 0 Å². The largest absolute Gasteiger partial charge is 0.371 e. The molecule has 3 heterocycles. The van der Waals surface area contributed by atoms with Crippen molar-refractivity contribution >= 4 is 11.7 Å². The Balaban J connectivity index is 1.40. The number of likely N-dealkylation sites (tertiary alicyclic amines) is 1. The number of aromatic amines is 1.